The lowest BCUT2D eigenvalue weighted by molar-refractivity contribution is -0.133. The zero-order valence-electron chi connectivity index (χ0n) is 13.8. The molecule has 0 spiro atoms. The molecule has 0 saturated carbocycles. The highest BCUT2D eigenvalue weighted by atomic mass is 32.2. The van der Waals surface area contributed by atoms with E-state index >= 15 is 0 Å². The number of halogens is 1. The van der Waals surface area contributed by atoms with E-state index in [4.69, 9.17) is 5.21 Å². The summed E-state index contributed by atoms with van der Waals surface area (Å²) in [5, 5.41) is 18.2. The minimum Gasteiger partial charge on any atom is -0.505 e. The lowest BCUT2D eigenvalue weighted by Crippen LogP contribution is -2.48. The van der Waals surface area contributed by atoms with Crippen molar-refractivity contribution in [1.29, 1.82) is 0 Å². The Labute approximate surface area is 149 Å². The second-order valence-electron chi connectivity index (χ2n) is 5.42. The quantitative estimate of drug-likeness (QED) is 0.491. The van der Waals surface area contributed by atoms with Crippen molar-refractivity contribution >= 4 is 15.9 Å². The van der Waals surface area contributed by atoms with Crippen molar-refractivity contribution in [1.82, 2.24) is 14.8 Å². The van der Waals surface area contributed by atoms with Crippen LogP contribution in [-0.2, 0) is 21.4 Å². The van der Waals surface area contributed by atoms with E-state index < -0.39 is 38.4 Å². The van der Waals surface area contributed by atoms with Crippen LogP contribution >= 0.6 is 0 Å². The van der Waals surface area contributed by atoms with E-state index in [-0.39, 0.29) is 13.0 Å². The molecule has 8 nitrogen and oxygen atoms in total. The van der Waals surface area contributed by atoms with Crippen LogP contribution in [0.15, 0.2) is 47.6 Å². The van der Waals surface area contributed by atoms with Gasteiger partial charge in [-0.1, -0.05) is 13.0 Å². The first-order valence-corrected chi connectivity index (χ1v) is 9.08. The maximum atomic E-state index is 13.6. The molecule has 0 radical (unpaired) electrons. The fourth-order valence-corrected chi connectivity index (χ4v) is 4.07. The van der Waals surface area contributed by atoms with Crippen molar-refractivity contribution in [3.05, 3.63) is 54.1 Å². The monoisotopic (exact) mass is 383 g/mol. The molecule has 1 heterocycles. The fourth-order valence-electron chi connectivity index (χ4n) is 2.41. The number of benzene rings is 1. The van der Waals surface area contributed by atoms with Crippen molar-refractivity contribution in [2.75, 3.05) is 0 Å². The molecule has 0 aliphatic rings. The minimum absolute atomic E-state index is 0.0620. The molecular formula is C16H18FN3O5S. The molecule has 2 rings (SSSR count). The molecule has 0 saturated heterocycles. The number of sulfonamides is 1. The Morgan fingerprint density at radius 2 is 2.12 bits per heavy atom. The summed E-state index contributed by atoms with van der Waals surface area (Å²) in [6.45, 7) is 1.35. The molecule has 26 heavy (non-hydrogen) atoms. The molecule has 0 fully saturated rings. The van der Waals surface area contributed by atoms with Gasteiger partial charge in [0.15, 0.2) is 11.6 Å². The highest BCUT2D eigenvalue weighted by molar-refractivity contribution is 7.89. The third kappa shape index (κ3) is 4.15. The number of phenols is 1. The van der Waals surface area contributed by atoms with E-state index in [2.05, 4.69) is 4.98 Å². The van der Waals surface area contributed by atoms with Crippen LogP contribution in [0.4, 0.5) is 4.39 Å². The Morgan fingerprint density at radius 3 is 2.65 bits per heavy atom. The highest BCUT2D eigenvalue weighted by Crippen LogP contribution is 2.26. The fraction of sp³-hybridized carbons (Fsp3) is 0.250. The number of amides is 1. The van der Waals surface area contributed by atoms with Crippen molar-refractivity contribution in [3.63, 3.8) is 0 Å². The predicted octanol–water partition coefficient (Wildman–Crippen LogP) is 1.40. The number of nitrogens with one attached hydrogen (secondary N) is 1. The first kappa shape index (κ1) is 19.8. The smallest absolute Gasteiger partial charge is 0.261 e. The summed E-state index contributed by atoms with van der Waals surface area (Å²) < 4.78 is 40.5. The zero-order chi connectivity index (χ0) is 19.3. The van der Waals surface area contributed by atoms with Gasteiger partial charge in [0.05, 0.1) is 4.90 Å². The summed E-state index contributed by atoms with van der Waals surface area (Å²) >= 11 is 0. The van der Waals surface area contributed by atoms with Crippen molar-refractivity contribution < 1.29 is 27.9 Å². The Balaban J connectivity index is 2.53. The lowest BCUT2D eigenvalue weighted by atomic mass is 10.2. The van der Waals surface area contributed by atoms with E-state index in [1.165, 1.54) is 17.9 Å². The topological polar surface area (TPSA) is 120 Å². The van der Waals surface area contributed by atoms with Crippen LogP contribution in [0.25, 0.3) is 0 Å². The second-order valence-corrected chi connectivity index (χ2v) is 7.32. The molecule has 1 aromatic heterocycles. The van der Waals surface area contributed by atoms with Crippen molar-refractivity contribution in [3.8, 4) is 5.75 Å². The molecule has 0 unspecified atom stereocenters. The SMILES string of the molecule is CC[C@H](C(=O)NO)N(Cc1cccnc1)S(=O)(=O)c1ccc(O)c(F)c1. The van der Waals surface area contributed by atoms with Crippen molar-refractivity contribution in [2.24, 2.45) is 0 Å². The maximum Gasteiger partial charge on any atom is 0.261 e. The summed E-state index contributed by atoms with van der Waals surface area (Å²) in [6.07, 6.45) is 3.01. The van der Waals surface area contributed by atoms with Crippen LogP contribution in [0.3, 0.4) is 0 Å². The van der Waals surface area contributed by atoms with Gasteiger partial charge in [-0.25, -0.2) is 18.3 Å². The van der Waals surface area contributed by atoms with Crippen LogP contribution in [0, 0.1) is 5.82 Å². The molecule has 3 N–H and O–H groups in total. The number of hydrogen-bond acceptors (Lipinski definition) is 6. The summed E-state index contributed by atoms with van der Waals surface area (Å²) in [4.78, 5) is 15.5. The Hall–Kier alpha value is -2.56. The maximum absolute atomic E-state index is 13.6. The third-order valence-corrected chi connectivity index (χ3v) is 5.58. The zero-order valence-corrected chi connectivity index (χ0v) is 14.6. The van der Waals surface area contributed by atoms with Gasteiger partial charge in [-0.3, -0.25) is 15.0 Å². The minimum atomic E-state index is -4.32. The lowest BCUT2D eigenvalue weighted by Gasteiger charge is -2.28. The van der Waals surface area contributed by atoms with Gasteiger partial charge >= 0.3 is 0 Å². The molecular weight excluding hydrogens is 365 g/mol. The van der Waals surface area contributed by atoms with Gasteiger partial charge in [0.1, 0.15) is 6.04 Å². The Bertz CT molecular complexity index is 877. The molecule has 1 atom stereocenters. The predicted molar refractivity (Wildman–Crippen MR) is 89.0 cm³/mol. The number of nitrogens with zero attached hydrogens (tertiary/aromatic N) is 2. The number of phenolic OH excluding ortho intramolecular Hbond substituents is 1. The van der Waals surface area contributed by atoms with Gasteiger partial charge in [0.25, 0.3) is 5.91 Å². The van der Waals surface area contributed by atoms with Crippen LogP contribution in [-0.4, -0.2) is 40.0 Å². The van der Waals surface area contributed by atoms with Gasteiger partial charge in [-0.2, -0.15) is 4.31 Å². The standard InChI is InChI=1S/C16H18FN3O5S/c1-2-14(16(22)19-23)20(10-11-4-3-7-18-9-11)26(24,25)12-5-6-15(21)13(17)8-12/h3-9,14,21,23H,2,10H2,1H3,(H,19,22)/t14-/m1/s1. The summed E-state index contributed by atoms with van der Waals surface area (Å²) in [5.41, 5.74) is 1.95. The van der Waals surface area contributed by atoms with E-state index in [0.29, 0.717) is 11.6 Å². The summed E-state index contributed by atoms with van der Waals surface area (Å²) in [7, 11) is -4.32. The molecule has 10 heteroatoms. The van der Waals surface area contributed by atoms with Crippen LogP contribution in [0.2, 0.25) is 0 Å². The Morgan fingerprint density at radius 1 is 1.38 bits per heavy atom. The largest absolute Gasteiger partial charge is 0.505 e. The van der Waals surface area contributed by atoms with Crippen LogP contribution in [0.1, 0.15) is 18.9 Å². The average Bonchev–Trinajstić information content (AvgIpc) is 2.64. The second kappa shape index (κ2) is 8.21. The Kier molecular flexibility index (Phi) is 6.24. The van der Waals surface area contributed by atoms with Crippen LogP contribution in [0.5, 0.6) is 5.75 Å². The number of hydroxylamine groups is 1. The van der Waals surface area contributed by atoms with Gasteiger partial charge < -0.3 is 5.11 Å². The molecule has 1 amide bonds. The first-order chi connectivity index (χ1) is 12.3. The van der Waals surface area contributed by atoms with E-state index in [1.54, 1.807) is 19.1 Å². The molecule has 140 valence electrons. The number of aromatic hydroxyl groups is 1. The number of pyridine rings is 1. The summed E-state index contributed by atoms with van der Waals surface area (Å²) in [6, 6.07) is 4.61. The molecule has 0 aliphatic heterocycles. The number of carbonyl (C=O) groups excluding carboxylic acids is 1. The van der Waals surface area contributed by atoms with E-state index in [1.807, 2.05) is 0 Å². The van der Waals surface area contributed by atoms with Crippen molar-refractivity contribution in [2.45, 2.75) is 30.8 Å². The molecule has 0 bridgehead atoms. The van der Waals surface area contributed by atoms with Gasteiger partial charge in [-0.15, -0.1) is 0 Å². The third-order valence-electron chi connectivity index (χ3n) is 3.73. The number of hydrogen-bond donors (Lipinski definition) is 3. The normalized spacial score (nSPS) is 12.8. The highest BCUT2D eigenvalue weighted by Gasteiger charge is 2.35. The summed E-state index contributed by atoms with van der Waals surface area (Å²) in [5.74, 6) is -2.71. The molecule has 1 aromatic carbocycles. The molecule has 0 aliphatic carbocycles. The van der Waals surface area contributed by atoms with E-state index in [9.17, 15) is 22.7 Å². The van der Waals surface area contributed by atoms with Gasteiger partial charge in [-0.05, 0) is 36.2 Å². The number of rotatable bonds is 7. The first-order valence-electron chi connectivity index (χ1n) is 7.64. The van der Waals surface area contributed by atoms with E-state index in [0.717, 1.165) is 16.4 Å². The number of aromatic nitrogens is 1. The number of carbonyl (C=O) groups is 1. The molecule has 2 aromatic rings. The van der Waals surface area contributed by atoms with Gasteiger partial charge in [0, 0.05) is 18.9 Å². The van der Waals surface area contributed by atoms with Crippen LogP contribution < -0.4 is 5.48 Å². The average molecular weight is 383 g/mol. The van der Waals surface area contributed by atoms with Gasteiger partial charge in [0.2, 0.25) is 10.0 Å².